The first kappa shape index (κ1) is 29.5. The molecular weight excluding hydrogens is 622 g/mol. The van der Waals surface area contributed by atoms with Gasteiger partial charge in [-0.3, -0.25) is 24.1 Å². The molecule has 4 aliphatic rings. The number of phenolic OH excluding ortho intramolecular Hbond substituents is 1. The number of carbonyl (C=O) groups excluding carboxylic acids is 4. The van der Waals surface area contributed by atoms with Gasteiger partial charge in [0.25, 0.3) is 0 Å². The summed E-state index contributed by atoms with van der Waals surface area (Å²) in [5.74, 6) is -5.97. The van der Waals surface area contributed by atoms with Crippen LogP contribution in [0.5, 0.6) is 11.5 Å². The summed E-state index contributed by atoms with van der Waals surface area (Å²) in [4.78, 5) is 58.8. The minimum atomic E-state index is -1.40. The van der Waals surface area contributed by atoms with Gasteiger partial charge in [-0.15, -0.1) is 0 Å². The van der Waals surface area contributed by atoms with Crippen molar-refractivity contribution in [3.8, 4) is 11.5 Å². The predicted molar refractivity (Wildman–Crippen MR) is 165 cm³/mol. The minimum absolute atomic E-state index is 0.107. The Hall–Kier alpha value is -4.21. The van der Waals surface area contributed by atoms with Crippen molar-refractivity contribution in [1.29, 1.82) is 0 Å². The Labute approximate surface area is 268 Å². The molecule has 3 aromatic rings. The molecule has 0 radical (unpaired) electrons. The standard InChI is InChI=1S/C34H27Cl2FN2O6/c1-34-24(31(42)39(33(34)44)18-7-11-26(37)25(36)13-18)15-22-20(29(34)23-14-19(45-2)8-12-27(23)40)9-10-21-28(22)32(43)38(30(21)41)17-5-3-16(35)4-6-17/h3-9,11-14,21-22,24,28-29,40H,10,15H2,1-2H3/t21-,22+,24-,28-,29+,34+/m0/s1. The molecule has 11 heteroatoms. The summed E-state index contributed by atoms with van der Waals surface area (Å²) in [6.45, 7) is 1.69. The topological polar surface area (TPSA) is 104 Å². The van der Waals surface area contributed by atoms with E-state index in [1.807, 2.05) is 6.08 Å². The number of benzene rings is 3. The highest BCUT2D eigenvalue weighted by molar-refractivity contribution is 6.32. The van der Waals surface area contributed by atoms with E-state index in [-0.39, 0.29) is 41.1 Å². The van der Waals surface area contributed by atoms with Crippen LogP contribution in [0.25, 0.3) is 0 Å². The number of anilines is 2. The monoisotopic (exact) mass is 648 g/mol. The third-order valence-corrected chi connectivity index (χ3v) is 10.6. The van der Waals surface area contributed by atoms with Crippen LogP contribution < -0.4 is 14.5 Å². The summed E-state index contributed by atoms with van der Waals surface area (Å²) >= 11 is 12.1. The van der Waals surface area contributed by atoms with Crippen LogP contribution in [-0.2, 0) is 19.2 Å². The first-order valence-electron chi connectivity index (χ1n) is 14.5. The SMILES string of the molecule is COc1ccc(O)c([C@H]2C3=CC[C@@H]4C(=O)N(c5ccc(Cl)cc5)C(=O)[C@@H]4[C@@H]3C[C@H]3C(=O)N(c4ccc(F)c(Cl)c4)C(=O)[C@@]23C)c1. The molecule has 2 saturated heterocycles. The zero-order valence-corrected chi connectivity index (χ0v) is 25.7. The number of hydrogen-bond donors (Lipinski definition) is 1. The van der Waals surface area contributed by atoms with Gasteiger partial charge in [0.2, 0.25) is 23.6 Å². The van der Waals surface area contributed by atoms with Crippen molar-refractivity contribution in [2.45, 2.75) is 25.7 Å². The van der Waals surface area contributed by atoms with Crippen LogP contribution >= 0.6 is 23.2 Å². The van der Waals surface area contributed by atoms with Crippen molar-refractivity contribution >= 4 is 58.2 Å². The number of aromatic hydroxyl groups is 1. The molecule has 2 aliphatic carbocycles. The van der Waals surface area contributed by atoms with Crippen molar-refractivity contribution in [3.63, 3.8) is 0 Å². The summed E-state index contributed by atoms with van der Waals surface area (Å²) in [7, 11) is 1.48. The van der Waals surface area contributed by atoms with Crippen LogP contribution in [-0.4, -0.2) is 35.8 Å². The Kier molecular flexibility index (Phi) is 6.83. The van der Waals surface area contributed by atoms with Crippen molar-refractivity contribution in [2.75, 3.05) is 16.9 Å². The van der Waals surface area contributed by atoms with Crippen LogP contribution in [0.4, 0.5) is 15.8 Å². The fourth-order valence-corrected chi connectivity index (χ4v) is 8.27. The van der Waals surface area contributed by atoms with Gasteiger partial charge < -0.3 is 9.84 Å². The number of carbonyl (C=O) groups is 4. The van der Waals surface area contributed by atoms with Gasteiger partial charge in [0.05, 0.1) is 46.7 Å². The van der Waals surface area contributed by atoms with E-state index < -0.39 is 52.6 Å². The van der Waals surface area contributed by atoms with Crippen LogP contribution in [0.1, 0.15) is 31.2 Å². The second-order valence-electron chi connectivity index (χ2n) is 12.2. The maximum atomic E-state index is 14.5. The summed E-state index contributed by atoms with van der Waals surface area (Å²) in [5.41, 5.74) is 0.190. The number of methoxy groups -OCH3 is 1. The lowest BCUT2D eigenvalue weighted by atomic mass is 9.51. The molecule has 2 heterocycles. The van der Waals surface area contributed by atoms with Crippen LogP contribution in [0.2, 0.25) is 10.0 Å². The Morgan fingerprint density at radius 2 is 1.60 bits per heavy atom. The highest BCUT2D eigenvalue weighted by Crippen LogP contribution is 2.64. The number of nitrogens with zero attached hydrogens (tertiary/aromatic N) is 2. The van der Waals surface area contributed by atoms with E-state index in [1.165, 1.54) is 30.2 Å². The van der Waals surface area contributed by atoms with Crippen molar-refractivity contribution in [2.24, 2.45) is 29.1 Å². The number of amides is 4. The summed E-state index contributed by atoms with van der Waals surface area (Å²) < 4.78 is 19.5. The van der Waals surface area contributed by atoms with Crippen molar-refractivity contribution in [1.82, 2.24) is 0 Å². The highest BCUT2D eigenvalue weighted by Gasteiger charge is 2.68. The lowest BCUT2D eigenvalue weighted by Crippen LogP contribution is -2.48. The number of imide groups is 2. The lowest BCUT2D eigenvalue weighted by Gasteiger charge is -2.49. The molecular formula is C34H27Cl2FN2O6. The highest BCUT2D eigenvalue weighted by atomic mass is 35.5. The molecule has 45 heavy (non-hydrogen) atoms. The molecule has 0 bridgehead atoms. The minimum Gasteiger partial charge on any atom is -0.508 e. The number of halogens is 3. The molecule has 7 rings (SSSR count). The maximum absolute atomic E-state index is 14.5. The molecule has 230 valence electrons. The zero-order chi connectivity index (χ0) is 31.9. The zero-order valence-electron chi connectivity index (χ0n) is 24.2. The Balaban J connectivity index is 1.38. The van der Waals surface area contributed by atoms with E-state index in [4.69, 9.17) is 27.9 Å². The van der Waals surface area contributed by atoms with E-state index in [0.717, 1.165) is 11.0 Å². The molecule has 4 amide bonds. The average Bonchev–Trinajstić information content (AvgIpc) is 3.39. The third kappa shape index (κ3) is 4.17. The van der Waals surface area contributed by atoms with Gasteiger partial charge in [0, 0.05) is 16.5 Å². The van der Waals surface area contributed by atoms with E-state index in [0.29, 0.717) is 27.6 Å². The fraction of sp³-hybridized carbons (Fsp3) is 0.294. The van der Waals surface area contributed by atoms with E-state index >= 15 is 0 Å². The van der Waals surface area contributed by atoms with Gasteiger partial charge in [-0.25, -0.2) is 9.29 Å². The smallest absolute Gasteiger partial charge is 0.241 e. The number of rotatable bonds is 4. The number of phenols is 1. The van der Waals surface area contributed by atoms with Gasteiger partial charge >= 0.3 is 0 Å². The molecule has 8 nitrogen and oxygen atoms in total. The largest absolute Gasteiger partial charge is 0.508 e. The number of ether oxygens (including phenoxy) is 1. The summed E-state index contributed by atoms with van der Waals surface area (Å²) in [5, 5.41) is 11.4. The summed E-state index contributed by atoms with van der Waals surface area (Å²) in [6, 6.07) is 14.8. The molecule has 1 N–H and O–H groups in total. The number of allylic oxidation sites excluding steroid dienone is 2. The average molecular weight is 650 g/mol. The first-order chi connectivity index (χ1) is 21.5. The predicted octanol–water partition coefficient (Wildman–Crippen LogP) is 6.28. The molecule has 3 aromatic carbocycles. The van der Waals surface area contributed by atoms with E-state index in [2.05, 4.69) is 0 Å². The second-order valence-corrected chi connectivity index (χ2v) is 13.0. The van der Waals surface area contributed by atoms with Gasteiger partial charge in [-0.2, -0.15) is 0 Å². The fourth-order valence-electron chi connectivity index (χ4n) is 7.97. The third-order valence-electron chi connectivity index (χ3n) is 10.1. The molecule has 0 aromatic heterocycles. The van der Waals surface area contributed by atoms with Crippen molar-refractivity contribution in [3.05, 3.63) is 93.7 Å². The molecule has 3 fully saturated rings. The quantitative estimate of drug-likeness (QED) is 0.264. The first-order valence-corrected chi connectivity index (χ1v) is 15.3. The molecule has 1 saturated carbocycles. The lowest BCUT2D eigenvalue weighted by molar-refractivity contribution is -0.131. The van der Waals surface area contributed by atoms with Crippen LogP contribution in [0.15, 0.2) is 72.3 Å². The van der Waals surface area contributed by atoms with Gasteiger partial charge in [-0.1, -0.05) is 34.9 Å². The summed E-state index contributed by atoms with van der Waals surface area (Å²) in [6.07, 6.45) is 2.25. The van der Waals surface area contributed by atoms with Crippen LogP contribution in [0, 0.1) is 34.9 Å². The molecule has 6 atom stereocenters. The number of fused-ring (bicyclic) bond motifs is 4. The van der Waals surface area contributed by atoms with Gasteiger partial charge in [-0.05, 0) is 86.3 Å². The molecule has 0 spiro atoms. The Morgan fingerprint density at radius 1 is 0.889 bits per heavy atom. The molecule has 0 unspecified atom stereocenters. The Morgan fingerprint density at radius 3 is 2.29 bits per heavy atom. The molecule has 2 aliphatic heterocycles. The van der Waals surface area contributed by atoms with Crippen molar-refractivity contribution < 1.29 is 33.4 Å². The van der Waals surface area contributed by atoms with Crippen LogP contribution in [0.3, 0.4) is 0 Å². The van der Waals surface area contributed by atoms with E-state index in [9.17, 15) is 28.7 Å². The number of hydrogen-bond acceptors (Lipinski definition) is 6. The maximum Gasteiger partial charge on any atom is 0.241 e. The normalized spacial score (nSPS) is 29.0. The second kappa shape index (κ2) is 10.4. The van der Waals surface area contributed by atoms with Gasteiger partial charge in [0.1, 0.15) is 17.3 Å². The Bertz CT molecular complexity index is 1840. The van der Waals surface area contributed by atoms with E-state index in [1.54, 1.807) is 43.3 Å². The van der Waals surface area contributed by atoms with Gasteiger partial charge in [0.15, 0.2) is 0 Å².